The van der Waals surface area contributed by atoms with E-state index in [4.69, 9.17) is 23.2 Å². The molecule has 6 aromatic rings. The molecule has 6 rings (SSSR count). The number of sulfonamides is 2. The number of hydrogen-bond acceptors (Lipinski definition) is 10. The Morgan fingerprint density at radius 3 is 1.64 bits per heavy atom. The Balaban J connectivity index is 0.000000168. The van der Waals surface area contributed by atoms with Gasteiger partial charge in [-0.3, -0.25) is 14.4 Å². The fraction of sp³-hybridized carbons (Fsp3) is 0.0400. The number of anilines is 2. The SMILES string of the molecule is Cn1cnc(S(=O)(=O)Nc2nc3ccccc3nc2Cl)c1.O=S(=O)(Nc1nc2ccccc2nc1Cl)c1cccnc1. The number of rotatable bonds is 6. The van der Waals surface area contributed by atoms with Crippen molar-refractivity contribution in [2.45, 2.75) is 9.92 Å². The molecule has 0 bridgehead atoms. The zero-order valence-corrected chi connectivity index (χ0v) is 24.6. The standard InChI is InChI=1S/C13H9ClN4O2S.C12H10ClN5O2S/c14-12-13(17-11-6-2-1-5-10(11)16-12)18-21(19,20)9-4-3-7-15-8-9;1-18-6-10(14-7-18)21(19,20)17-12-11(13)15-8-4-2-3-5-9(8)16-12/h1-8H,(H,17,18);2-7H,1H3,(H,16,17). The van der Waals surface area contributed by atoms with Gasteiger partial charge in [0.2, 0.25) is 0 Å². The lowest BCUT2D eigenvalue weighted by Gasteiger charge is -2.08. The first-order chi connectivity index (χ1) is 20.0. The third kappa shape index (κ3) is 6.54. The Labute approximate surface area is 249 Å². The number of nitrogens with zero attached hydrogens (tertiary/aromatic N) is 7. The van der Waals surface area contributed by atoms with Crippen molar-refractivity contribution < 1.29 is 16.8 Å². The van der Waals surface area contributed by atoms with Crippen LogP contribution >= 0.6 is 23.2 Å². The van der Waals surface area contributed by atoms with Gasteiger partial charge in [0, 0.05) is 25.6 Å². The Hall–Kier alpha value is -4.44. The quantitative estimate of drug-likeness (QED) is 0.266. The molecular weight excluding hydrogens is 625 g/mol. The first kappa shape index (κ1) is 29.1. The summed E-state index contributed by atoms with van der Waals surface area (Å²) in [4.78, 5) is 24.2. The van der Waals surface area contributed by atoms with Crippen molar-refractivity contribution in [3.8, 4) is 0 Å². The summed E-state index contributed by atoms with van der Waals surface area (Å²) in [5.74, 6) is -0.0414. The highest BCUT2D eigenvalue weighted by molar-refractivity contribution is 7.93. The summed E-state index contributed by atoms with van der Waals surface area (Å²) in [7, 11) is -5.98. The number of pyridine rings is 1. The molecule has 214 valence electrons. The molecule has 0 unspecified atom stereocenters. The van der Waals surface area contributed by atoms with Crippen LogP contribution in [0.15, 0.2) is 95.5 Å². The minimum absolute atomic E-state index is 0.0128. The van der Waals surface area contributed by atoms with Gasteiger partial charge in [0.1, 0.15) is 4.90 Å². The molecule has 0 saturated heterocycles. The van der Waals surface area contributed by atoms with Crippen LogP contribution in [0.25, 0.3) is 22.1 Å². The van der Waals surface area contributed by atoms with E-state index in [1.54, 1.807) is 55.6 Å². The molecule has 4 heterocycles. The Morgan fingerprint density at radius 1 is 0.690 bits per heavy atom. The minimum atomic E-state index is -3.85. The predicted molar refractivity (Wildman–Crippen MR) is 158 cm³/mol. The van der Waals surface area contributed by atoms with E-state index in [1.807, 2.05) is 0 Å². The van der Waals surface area contributed by atoms with Crippen molar-refractivity contribution >= 4 is 77.0 Å². The van der Waals surface area contributed by atoms with Gasteiger partial charge >= 0.3 is 0 Å². The molecule has 0 fully saturated rings. The fourth-order valence-electron chi connectivity index (χ4n) is 3.49. The number of para-hydroxylation sites is 4. The van der Waals surface area contributed by atoms with Crippen molar-refractivity contribution in [2.75, 3.05) is 9.44 Å². The summed E-state index contributed by atoms with van der Waals surface area (Å²) in [5.41, 5.74) is 2.27. The lowest BCUT2D eigenvalue weighted by Crippen LogP contribution is -2.15. The van der Waals surface area contributed by atoms with Crippen LogP contribution < -0.4 is 9.44 Å². The zero-order valence-electron chi connectivity index (χ0n) is 21.4. The molecule has 2 N–H and O–H groups in total. The van der Waals surface area contributed by atoms with Gasteiger partial charge < -0.3 is 4.57 Å². The molecule has 0 aliphatic carbocycles. The average molecular weight is 645 g/mol. The van der Waals surface area contributed by atoms with E-state index in [1.165, 1.54) is 41.6 Å². The highest BCUT2D eigenvalue weighted by Crippen LogP contribution is 2.24. The van der Waals surface area contributed by atoms with Crippen LogP contribution in [0.1, 0.15) is 0 Å². The molecule has 42 heavy (non-hydrogen) atoms. The normalized spacial score (nSPS) is 11.6. The van der Waals surface area contributed by atoms with Crippen molar-refractivity contribution in [2.24, 2.45) is 7.05 Å². The second-order valence-electron chi connectivity index (χ2n) is 8.48. The van der Waals surface area contributed by atoms with E-state index in [-0.39, 0.29) is 31.9 Å². The molecule has 0 aliphatic rings. The van der Waals surface area contributed by atoms with E-state index < -0.39 is 20.0 Å². The number of hydrogen-bond donors (Lipinski definition) is 2. The summed E-state index contributed by atoms with van der Waals surface area (Å²) in [6.45, 7) is 0. The minimum Gasteiger partial charge on any atom is -0.339 e. The second-order valence-corrected chi connectivity index (χ2v) is 12.5. The molecule has 0 aliphatic heterocycles. The van der Waals surface area contributed by atoms with Gasteiger partial charge in [0.05, 0.1) is 28.4 Å². The molecule has 0 atom stereocenters. The summed E-state index contributed by atoms with van der Waals surface area (Å²) >= 11 is 12.0. The molecule has 0 spiro atoms. The molecule has 4 aromatic heterocycles. The lowest BCUT2D eigenvalue weighted by atomic mass is 10.3. The van der Waals surface area contributed by atoms with Gasteiger partial charge in [0.15, 0.2) is 27.0 Å². The van der Waals surface area contributed by atoms with Crippen molar-refractivity contribution in [3.63, 3.8) is 0 Å². The number of benzene rings is 2. The topological polar surface area (TPSA) is 175 Å². The summed E-state index contributed by atoms with van der Waals surface area (Å²) in [6.07, 6.45) is 5.50. The van der Waals surface area contributed by atoms with Crippen LogP contribution in [0.2, 0.25) is 10.3 Å². The third-order valence-corrected chi connectivity index (χ3v) is 8.49. The van der Waals surface area contributed by atoms with Crippen LogP contribution in [0.4, 0.5) is 11.6 Å². The molecule has 0 amide bonds. The number of fused-ring (bicyclic) bond motifs is 2. The Bertz CT molecular complexity index is 2130. The smallest absolute Gasteiger partial charge is 0.282 e. The number of aryl methyl sites for hydroxylation is 1. The van der Waals surface area contributed by atoms with E-state index in [0.717, 1.165) is 0 Å². The van der Waals surface area contributed by atoms with Crippen LogP contribution in [-0.2, 0) is 27.1 Å². The van der Waals surface area contributed by atoms with E-state index in [9.17, 15) is 16.8 Å². The average Bonchev–Trinajstić information content (AvgIpc) is 3.42. The molecule has 13 nitrogen and oxygen atoms in total. The van der Waals surface area contributed by atoms with E-state index >= 15 is 0 Å². The maximum absolute atomic E-state index is 12.2. The number of nitrogens with one attached hydrogen (secondary N) is 2. The van der Waals surface area contributed by atoms with Crippen molar-refractivity contribution in [1.82, 2.24) is 34.5 Å². The Kier molecular flexibility index (Phi) is 8.17. The van der Waals surface area contributed by atoms with Crippen LogP contribution in [0, 0.1) is 0 Å². The largest absolute Gasteiger partial charge is 0.339 e. The first-order valence-corrected chi connectivity index (χ1v) is 15.5. The second kappa shape index (κ2) is 11.8. The van der Waals surface area contributed by atoms with Gasteiger partial charge in [-0.2, -0.15) is 8.42 Å². The van der Waals surface area contributed by atoms with E-state index in [0.29, 0.717) is 22.1 Å². The summed E-state index contributed by atoms with van der Waals surface area (Å²) in [5, 5.41) is -0.148. The molecule has 17 heteroatoms. The van der Waals surface area contributed by atoms with Crippen LogP contribution in [0.3, 0.4) is 0 Å². The van der Waals surface area contributed by atoms with E-state index in [2.05, 4.69) is 39.3 Å². The van der Waals surface area contributed by atoms with Crippen LogP contribution in [-0.4, -0.2) is 51.3 Å². The van der Waals surface area contributed by atoms with Crippen LogP contribution in [0.5, 0.6) is 0 Å². The molecular formula is C25H19Cl2N9O4S2. The van der Waals surface area contributed by atoms with Crippen molar-refractivity contribution in [1.29, 1.82) is 0 Å². The Morgan fingerprint density at radius 2 is 1.19 bits per heavy atom. The maximum Gasteiger partial charge on any atom is 0.282 e. The first-order valence-electron chi connectivity index (χ1n) is 11.8. The van der Waals surface area contributed by atoms with Gasteiger partial charge in [-0.25, -0.2) is 33.3 Å². The predicted octanol–water partition coefficient (Wildman–Crippen LogP) is 4.30. The van der Waals surface area contributed by atoms with Gasteiger partial charge in [-0.1, -0.05) is 47.5 Å². The molecule has 0 radical (unpaired) electrons. The maximum atomic E-state index is 12.2. The third-order valence-electron chi connectivity index (χ3n) is 5.42. The highest BCUT2D eigenvalue weighted by atomic mass is 35.5. The van der Waals surface area contributed by atoms with Crippen molar-refractivity contribution in [3.05, 3.63) is 95.9 Å². The molecule has 0 saturated carbocycles. The summed E-state index contributed by atoms with van der Waals surface area (Å²) in [6, 6.07) is 17.0. The zero-order chi connectivity index (χ0) is 29.9. The van der Waals surface area contributed by atoms with Gasteiger partial charge in [-0.05, 0) is 36.4 Å². The van der Waals surface area contributed by atoms with Gasteiger partial charge in [-0.15, -0.1) is 0 Å². The molecule has 2 aromatic carbocycles. The number of aromatic nitrogens is 7. The number of halogens is 2. The lowest BCUT2D eigenvalue weighted by molar-refractivity contribution is 0.597. The number of imidazole rings is 1. The fourth-order valence-corrected chi connectivity index (χ4v) is 5.92. The highest BCUT2D eigenvalue weighted by Gasteiger charge is 2.20. The summed E-state index contributed by atoms with van der Waals surface area (Å²) < 4.78 is 55.0. The van der Waals surface area contributed by atoms with Gasteiger partial charge in [0.25, 0.3) is 20.0 Å². The monoisotopic (exact) mass is 643 g/mol.